The first kappa shape index (κ1) is 17.6. The second kappa shape index (κ2) is 6.13. The van der Waals surface area contributed by atoms with Crippen molar-refractivity contribution >= 4 is 5.78 Å². The first-order chi connectivity index (χ1) is 9.56. The number of carbonyl (C=O) groups is 1. The van der Waals surface area contributed by atoms with Gasteiger partial charge < -0.3 is 10.2 Å². The molecule has 0 saturated carbocycles. The maximum atomic E-state index is 13.7. The van der Waals surface area contributed by atoms with Crippen LogP contribution >= 0.6 is 0 Å². The van der Waals surface area contributed by atoms with Crippen LogP contribution in [-0.4, -0.2) is 34.4 Å². The zero-order chi connectivity index (χ0) is 16.4. The van der Waals surface area contributed by atoms with Crippen molar-refractivity contribution in [1.82, 2.24) is 0 Å². The molecule has 1 rings (SSSR count). The number of Topliss-reactive ketones (excluding diaryl/α,β-unsaturated/α-hetero) is 1. The van der Waals surface area contributed by atoms with Crippen molar-refractivity contribution < 1.29 is 19.4 Å². The summed E-state index contributed by atoms with van der Waals surface area (Å²) in [6.07, 6.45) is 0.132. The Morgan fingerprint density at radius 1 is 1.52 bits per heavy atom. The molecule has 2 atom stereocenters. The van der Waals surface area contributed by atoms with Gasteiger partial charge >= 0.3 is 0 Å². The van der Waals surface area contributed by atoms with Gasteiger partial charge in [0.1, 0.15) is 6.17 Å². The van der Waals surface area contributed by atoms with Gasteiger partial charge in [0.15, 0.2) is 11.4 Å². The quantitative estimate of drug-likeness (QED) is 0.769. The lowest BCUT2D eigenvalue weighted by atomic mass is 9.62. The maximum Gasteiger partial charge on any atom is 0.162 e. The standard InChI is InChI=1S/C17H23FO3/c1-11(7-9-19)6-8-17(21)12(2)15(13(3)18)14(20)10-16(17,4)5/h7,13,19,21H,9-10H2,1-5H3/b11-7-. The number of hydrogen-bond acceptors (Lipinski definition) is 3. The van der Waals surface area contributed by atoms with Crippen LogP contribution in [0.5, 0.6) is 0 Å². The molecule has 0 amide bonds. The molecule has 0 spiro atoms. The lowest BCUT2D eigenvalue weighted by Crippen LogP contribution is -2.50. The zero-order valence-corrected chi connectivity index (χ0v) is 13.2. The van der Waals surface area contributed by atoms with E-state index in [4.69, 9.17) is 5.11 Å². The van der Waals surface area contributed by atoms with Crippen LogP contribution in [0.1, 0.15) is 41.0 Å². The van der Waals surface area contributed by atoms with E-state index in [9.17, 15) is 14.3 Å². The maximum absolute atomic E-state index is 13.7. The van der Waals surface area contributed by atoms with Gasteiger partial charge in [-0.1, -0.05) is 25.7 Å². The largest absolute Gasteiger partial charge is 0.392 e. The third kappa shape index (κ3) is 3.25. The molecule has 1 aliphatic rings. The Kier molecular flexibility index (Phi) is 5.14. The summed E-state index contributed by atoms with van der Waals surface area (Å²) in [6, 6.07) is 0. The molecule has 0 aromatic heterocycles. The van der Waals surface area contributed by atoms with Crippen LogP contribution in [0.3, 0.4) is 0 Å². The van der Waals surface area contributed by atoms with E-state index in [2.05, 4.69) is 11.8 Å². The summed E-state index contributed by atoms with van der Waals surface area (Å²) in [5, 5.41) is 19.8. The minimum Gasteiger partial charge on any atom is -0.392 e. The van der Waals surface area contributed by atoms with E-state index in [1.54, 1.807) is 27.7 Å². The number of alkyl halides is 1. The number of allylic oxidation sites excluding steroid dienone is 2. The van der Waals surface area contributed by atoms with Gasteiger partial charge in [-0.25, -0.2) is 4.39 Å². The average molecular weight is 294 g/mol. The molecular weight excluding hydrogens is 271 g/mol. The fourth-order valence-electron chi connectivity index (χ4n) is 2.70. The first-order valence-corrected chi connectivity index (χ1v) is 6.98. The summed E-state index contributed by atoms with van der Waals surface area (Å²) >= 11 is 0. The minimum absolute atomic E-state index is 0.0231. The van der Waals surface area contributed by atoms with Crippen LogP contribution in [0, 0.1) is 17.3 Å². The SMILES string of the molecule is CC1=C(C(C)F)C(=O)CC(C)(C)C1(O)C#C/C(C)=C\CO. The van der Waals surface area contributed by atoms with Crippen molar-refractivity contribution in [2.45, 2.75) is 52.8 Å². The molecule has 3 nitrogen and oxygen atoms in total. The Morgan fingerprint density at radius 3 is 2.57 bits per heavy atom. The van der Waals surface area contributed by atoms with Crippen molar-refractivity contribution in [3.05, 3.63) is 22.8 Å². The minimum atomic E-state index is -1.57. The van der Waals surface area contributed by atoms with E-state index in [1.807, 2.05) is 0 Å². The monoisotopic (exact) mass is 294 g/mol. The van der Waals surface area contributed by atoms with Crippen LogP contribution in [0.15, 0.2) is 22.8 Å². The van der Waals surface area contributed by atoms with Crippen LogP contribution < -0.4 is 0 Å². The van der Waals surface area contributed by atoms with Gasteiger partial charge in [-0.15, -0.1) is 0 Å². The summed E-state index contributed by atoms with van der Waals surface area (Å²) in [7, 11) is 0. The Labute approximate surface area is 125 Å². The van der Waals surface area contributed by atoms with Crippen molar-refractivity contribution in [2.24, 2.45) is 5.41 Å². The van der Waals surface area contributed by atoms with E-state index in [-0.39, 0.29) is 30.0 Å². The molecular formula is C17H23FO3. The number of rotatable bonds is 2. The predicted octanol–water partition coefficient (Wildman–Crippen LogP) is 2.33. The second-order valence-corrected chi connectivity index (χ2v) is 6.17. The molecule has 21 heavy (non-hydrogen) atoms. The van der Waals surface area contributed by atoms with E-state index >= 15 is 0 Å². The van der Waals surface area contributed by atoms with E-state index in [0.29, 0.717) is 5.57 Å². The molecule has 0 aromatic rings. The van der Waals surface area contributed by atoms with Crippen LogP contribution in [-0.2, 0) is 4.79 Å². The number of aliphatic hydroxyl groups is 2. The predicted molar refractivity (Wildman–Crippen MR) is 80.2 cm³/mol. The topological polar surface area (TPSA) is 57.5 Å². The normalized spacial score (nSPS) is 27.2. The molecule has 0 aromatic carbocycles. The molecule has 116 valence electrons. The molecule has 0 radical (unpaired) electrons. The van der Waals surface area contributed by atoms with Crippen LogP contribution in [0.4, 0.5) is 4.39 Å². The highest BCUT2D eigenvalue weighted by atomic mass is 19.1. The van der Waals surface area contributed by atoms with Gasteiger partial charge in [0.25, 0.3) is 0 Å². The van der Waals surface area contributed by atoms with Crippen LogP contribution in [0.25, 0.3) is 0 Å². The van der Waals surface area contributed by atoms with Crippen LogP contribution in [0.2, 0.25) is 0 Å². The summed E-state index contributed by atoms with van der Waals surface area (Å²) in [4.78, 5) is 12.1. The molecule has 0 aliphatic heterocycles. The zero-order valence-electron chi connectivity index (χ0n) is 13.2. The third-order valence-corrected chi connectivity index (χ3v) is 4.06. The van der Waals surface area contributed by atoms with Gasteiger partial charge in [-0.3, -0.25) is 4.79 Å². The molecule has 0 bridgehead atoms. The molecule has 2 unspecified atom stereocenters. The van der Waals surface area contributed by atoms with Crippen molar-refractivity contribution in [1.29, 1.82) is 0 Å². The third-order valence-electron chi connectivity index (χ3n) is 4.06. The number of carbonyl (C=O) groups excluding carboxylic acids is 1. The molecule has 0 fully saturated rings. The van der Waals surface area contributed by atoms with Gasteiger partial charge in [-0.2, -0.15) is 0 Å². The summed E-state index contributed by atoms with van der Waals surface area (Å²) in [5.74, 6) is 5.29. The lowest BCUT2D eigenvalue weighted by molar-refractivity contribution is -0.123. The molecule has 0 saturated heterocycles. The van der Waals surface area contributed by atoms with Gasteiger partial charge in [0.05, 0.1) is 6.61 Å². The fourth-order valence-corrected chi connectivity index (χ4v) is 2.70. The Balaban J connectivity index is 3.47. The summed E-state index contributed by atoms with van der Waals surface area (Å²) < 4.78 is 13.7. The van der Waals surface area contributed by atoms with Crippen molar-refractivity contribution in [3.63, 3.8) is 0 Å². The highest BCUT2D eigenvalue weighted by Crippen LogP contribution is 2.46. The Morgan fingerprint density at radius 2 is 2.10 bits per heavy atom. The van der Waals surface area contributed by atoms with Gasteiger partial charge in [0.2, 0.25) is 0 Å². The number of halogens is 1. The van der Waals surface area contributed by atoms with E-state index in [0.717, 1.165) is 0 Å². The first-order valence-electron chi connectivity index (χ1n) is 6.98. The molecule has 1 aliphatic carbocycles. The van der Waals surface area contributed by atoms with Gasteiger partial charge in [0, 0.05) is 17.4 Å². The number of aliphatic hydroxyl groups excluding tert-OH is 1. The van der Waals surface area contributed by atoms with Gasteiger partial charge in [-0.05, 0) is 38.0 Å². The van der Waals surface area contributed by atoms with Crippen molar-refractivity contribution in [2.75, 3.05) is 6.61 Å². The lowest BCUT2D eigenvalue weighted by Gasteiger charge is -2.44. The van der Waals surface area contributed by atoms with E-state index < -0.39 is 17.2 Å². The number of ketones is 1. The van der Waals surface area contributed by atoms with E-state index in [1.165, 1.54) is 13.0 Å². The van der Waals surface area contributed by atoms with Crippen molar-refractivity contribution in [3.8, 4) is 11.8 Å². The Hall–Kier alpha value is -1.44. The molecule has 2 N–H and O–H groups in total. The summed E-state index contributed by atoms with van der Waals surface area (Å²) in [6.45, 7) is 7.92. The smallest absolute Gasteiger partial charge is 0.162 e. The molecule has 0 heterocycles. The highest BCUT2D eigenvalue weighted by molar-refractivity contribution is 5.99. The average Bonchev–Trinajstić information content (AvgIpc) is 2.33. The Bertz CT molecular complexity index is 558. The number of hydrogen-bond donors (Lipinski definition) is 2. The highest BCUT2D eigenvalue weighted by Gasteiger charge is 2.51. The summed E-state index contributed by atoms with van der Waals surface area (Å²) in [5.41, 5.74) is -1.46. The second-order valence-electron chi connectivity index (χ2n) is 6.17. The fraction of sp³-hybridized carbons (Fsp3) is 0.588. The molecule has 4 heteroatoms.